The SMILES string of the molecule is COc1csc(-c2noc(N)c2-c2c(Cl)cccc2Cl)c1. The lowest BCUT2D eigenvalue weighted by molar-refractivity contribution is 0.416. The van der Waals surface area contributed by atoms with Crippen molar-refractivity contribution in [3.63, 3.8) is 0 Å². The zero-order chi connectivity index (χ0) is 15.0. The van der Waals surface area contributed by atoms with Crippen LogP contribution in [0.25, 0.3) is 21.7 Å². The zero-order valence-electron chi connectivity index (χ0n) is 10.9. The van der Waals surface area contributed by atoms with Crippen LogP contribution in [0, 0.1) is 0 Å². The summed E-state index contributed by atoms with van der Waals surface area (Å²) in [5.41, 5.74) is 7.71. The van der Waals surface area contributed by atoms with Gasteiger partial charge in [-0.3, -0.25) is 0 Å². The first-order valence-corrected chi connectivity index (χ1v) is 7.57. The molecule has 108 valence electrons. The predicted octanol–water partition coefficient (Wildman–Crippen LogP) is 4.97. The molecular weight excluding hydrogens is 331 g/mol. The van der Waals surface area contributed by atoms with Gasteiger partial charge in [-0.05, 0) is 12.1 Å². The first kappa shape index (κ1) is 14.3. The maximum atomic E-state index is 6.25. The maximum Gasteiger partial charge on any atom is 0.230 e. The molecule has 0 aliphatic carbocycles. The normalized spacial score (nSPS) is 10.8. The molecule has 3 rings (SSSR count). The number of nitrogens with zero attached hydrogens (tertiary/aromatic N) is 1. The number of benzene rings is 1. The van der Waals surface area contributed by atoms with Gasteiger partial charge in [0.25, 0.3) is 0 Å². The van der Waals surface area contributed by atoms with Crippen LogP contribution in [-0.2, 0) is 0 Å². The molecule has 2 heterocycles. The molecular formula is C14H10Cl2N2O2S. The Kier molecular flexibility index (Phi) is 3.80. The van der Waals surface area contributed by atoms with Crippen LogP contribution in [0.2, 0.25) is 10.0 Å². The second-order valence-electron chi connectivity index (χ2n) is 4.22. The van der Waals surface area contributed by atoms with E-state index in [-0.39, 0.29) is 5.88 Å². The number of hydrogen-bond donors (Lipinski definition) is 1. The van der Waals surface area contributed by atoms with Gasteiger partial charge in [0, 0.05) is 17.0 Å². The van der Waals surface area contributed by atoms with E-state index in [1.165, 1.54) is 11.3 Å². The molecule has 0 amide bonds. The van der Waals surface area contributed by atoms with E-state index in [2.05, 4.69) is 5.16 Å². The molecule has 0 spiro atoms. The van der Waals surface area contributed by atoms with Crippen molar-refractivity contribution in [1.29, 1.82) is 0 Å². The topological polar surface area (TPSA) is 61.3 Å². The fourth-order valence-corrected chi connectivity index (χ4v) is 3.43. The summed E-state index contributed by atoms with van der Waals surface area (Å²) in [7, 11) is 1.61. The largest absolute Gasteiger partial charge is 0.496 e. The van der Waals surface area contributed by atoms with Crippen molar-refractivity contribution in [2.45, 2.75) is 0 Å². The van der Waals surface area contributed by atoms with Crippen molar-refractivity contribution in [2.24, 2.45) is 0 Å². The molecule has 21 heavy (non-hydrogen) atoms. The molecule has 2 N–H and O–H groups in total. The summed E-state index contributed by atoms with van der Waals surface area (Å²) in [6.45, 7) is 0. The van der Waals surface area contributed by atoms with E-state index in [1.807, 2.05) is 11.4 Å². The quantitative estimate of drug-likeness (QED) is 0.731. The Balaban J connectivity index is 2.22. The molecule has 0 aliphatic heterocycles. The number of ether oxygens (including phenoxy) is 1. The molecule has 0 bridgehead atoms. The number of hydrogen-bond acceptors (Lipinski definition) is 5. The lowest BCUT2D eigenvalue weighted by Crippen LogP contribution is -1.89. The summed E-state index contributed by atoms with van der Waals surface area (Å²) in [6.07, 6.45) is 0. The molecule has 0 saturated carbocycles. The van der Waals surface area contributed by atoms with E-state index in [1.54, 1.807) is 25.3 Å². The van der Waals surface area contributed by atoms with E-state index >= 15 is 0 Å². The monoisotopic (exact) mass is 340 g/mol. The number of anilines is 1. The number of methoxy groups -OCH3 is 1. The number of rotatable bonds is 3. The van der Waals surface area contributed by atoms with Crippen LogP contribution in [0.3, 0.4) is 0 Å². The highest BCUT2D eigenvalue weighted by molar-refractivity contribution is 7.13. The van der Waals surface area contributed by atoms with Crippen molar-refractivity contribution in [3.8, 4) is 27.4 Å². The van der Waals surface area contributed by atoms with Gasteiger partial charge in [0.05, 0.1) is 27.6 Å². The smallest absolute Gasteiger partial charge is 0.230 e. The van der Waals surface area contributed by atoms with Crippen LogP contribution in [0.15, 0.2) is 34.2 Å². The van der Waals surface area contributed by atoms with Gasteiger partial charge in [-0.2, -0.15) is 0 Å². The minimum atomic E-state index is 0.173. The van der Waals surface area contributed by atoms with Crippen molar-refractivity contribution in [1.82, 2.24) is 5.16 Å². The van der Waals surface area contributed by atoms with Crippen LogP contribution >= 0.6 is 34.5 Å². The number of halogens is 2. The van der Waals surface area contributed by atoms with Crippen LogP contribution in [0.1, 0.15) is 0 Å². The molecule has 7 heteroatoms. The van der Waals surface area contributed by atoms with Crippen LogP contribution in [0.4, 0.5) is 5.88 Å². The third-order valence-electron chi connectivity index (χ3n) is 2.98. The molecule has 3 aromatic rings. The summed E-state index contributed by atoms with van der Waals surface area (Å²) >= 11 is 14.0. The summed E-state index contributed by atoms with van der Waals surface area (Å²) < 4.78 is 10.3. The van der Waals surface area contributed by atoms with E-state index in [4.69, 9.17) is 38.2 Å². The summed E-state index contributed by atoms with van der Waals surface area (Å²) in [4.78, 5) is 0.860. The van der Waals surface area contributed by atoms with Gasteiger partial charge in [-0.15, -0.1) is 11.3 Å². The van der Waals surface area contributed by atoms with Gasteiger partial charge in [0.1, 0.15) is 11.4 Å². The van der Waals surface area contributed by atoms with Gasteiger partial charge in [0.15, 0.2) is 0 Å². The lowest BCUT2D eigenvalue weighted by Gasteiger charge is -2.06. The number of aromatic nitrogens is 1. The Hall–Kier alpha value is -1.69. The predicted molar refractivity (Wildman–Crippen MR) is 86.2 cm³/mol. The van der Waals surface area contributed by atoms with Gasteiger partial charge in [0.2, 0.25) is 5.88 Å². The minimum Gasteiger partial charge on any atom is -0.496 e. The van der Waals surface area contributed by atoms with Crippen LogP contribution in [-0.4, -0.2) is 12.3 Å². The second-order valence-corrected chi connectivity index (χ2v) is 5.94. The van der Waals surface area contributed by atoms with Crippen LogP contribution in [0.5, 0.6) is 5.75 Å². The Morgan fingerprint density at radius 3 is 2.57 bits per heavy atom. The molecule has 0 fully saturated rings. The van der Waals surface area contributed by atoms with Gasteiger partial charge in [-0.25, -0.2) is 0 Å². The first-order valence-electron chi connectivity index (χ1n) is 5.94. The van der Waals surface area contributed by atoms with E-state index < -0.39 is 0 Å². The Morgan fingerprint density at radius 2 is 1.95 bits per heavy atom. The van der Waals surface area contributed by atoms with Gasteiger partial charge >= 0.3 is 0 Å². The summed E-state index contributed by atoms with van der Waals surface area (Å²) in [5, 5.41) is 6.88. The molecule has 0 radical (unpaired) electrons. The fraction of sp³-hybridized carbons (Fsp3) is 0.0714. The van der Waals surface area contributed by atoms with E-state index in [0.717, 1.165) is 10.6 Å². The average Bonchev–Trinajstić information content (AvgIpc) is 3.06. The van der Waals surface area contributed by atoms with Crippen LogP contribution < -0.4 is 10.5 Å². The maximum absolute atomic E-state index is 6.25. The van der Waals surface area contributed by atoms with Gasteiger partial charge in [-0.1, -0.05) is 34.4 Å². The van der Waals surface area contributed by atoms with E-state index in [9.17, 15) is 0 Å². The lowest BCUT2D eigenvalue weighted by atomic mass is 10.0. The zero-order valence-corrected chi connectivity index (χ0v) is 13.2. The van der Waals surface area contributed by atoms with Crippen molar-refractivity contribution in [2.75, 3.05) is 12.8 Å². The standard InChI is InChI=1S/C14H10Cl2N2O2S/c1-19-7-5-10(21-6-7)13-12(14(17)20-18-13)11-8(15)3-2-4-9(11)16/h2-6H,17H2,1H3. The highest BCUT2D eigenvalue weighted by Crippen LogP contribution is 2.45. The Morgan fingerprint density at radius 1 is 1.24 bits per heavy atom. The first-order chi connectivity index (χ1) is 10.1. The third-order valence-corrected chi connectivity index (χ3v) is 4.52. The average molecular weight is 341 g/mol. The van der Waals surface area contributed by atoms with Crippen molar-refractivity contribution >= 4 is 40.4 Å². The molecule has 2 aromatic heterocycles. The summed E-state index contributed by atoms with van der Waals surface area (Å²) in [5.74, 6) is 0.917. The fourth-order valence-electron chi connectivity index (χ4n) is 2.00. The van der Waals surface area contributed by atoms with E-state index in [0.29, 0.717) is 26.9 Å². The highest BCUT2D eigenvalue weighted by atomic mass is 35.5. The Labute approximate surface area is 135 Å². The Bertz CT molecular complexity index is 778. The minimum absolute atomic E-state index is 0.173. The van der Waals surface area contributed by atoms with Crippen molar-refractivity contribution in [3.05, 3.63) is 39.7 Å². The number of thiophene rings is 1. The third kappa shape index (κ3) is 2.48. The molecule has 0 unspecified atom stereocenters. The molecule has 4 nitrogen and oxygen atoms in total. The molecule has 0 atom stereocenters. The number of nitrogen functional groups attached to an aromatic ring is 1. The second kappa shape index (κ2) is 5.60. The molecule has 1 aromatic carbocycles. The highest BCUT2D eigenvalue weighted by Gasteiger charge is 2.23. The number of nitrogens with two attached hydrogens (primary N) is 1. The summed E-state index contributed by atoms with van der Waals surface area (Å²) in [6, 6.07) is 7.11. The van der Waals surface area contributed by atoms with Gasteiger partial charge < -0.3 is 15.0 Å². The molecule has 0 aliphatic rings. The molecule has 0 saturated heterocycles. The van der Waals surface area contributed by atoms with Crippen molar-refractivity contribution < 1.29 is 9.26 Å².